The summed E-state index contributed by atoms with van der Waals surface area (Å²) in [5.74, 6) is 0. The van der Waals surface area contributed by atoms with Gasteiger partial charge in [0.25, 0.3) is 0 Å². The van der Waals surface area contributed by atoms with Crippen molar-refractivity contribution in [1.82, 2.24) is 4.98 Å². The van der Waals surface area contributed by atoms with Gasteiger partial charge in [0.05, 0.1) is 6.61 Å². The van der Waals surface area contributed by atoms with Gasteiger partial charge >= 0.3 is 0 Å². The second-order valence-corrected chi connectivity index (χ2v) is 3.08. The first-order chi connectivity index (χ1) is 5.65. The lowest BCUT2D eigenvalue weighted by molar-refractivity contribution is 0.183. The zero-order valence-corrected chi connectivity index (χ0v) is 8.14. The van der Waals surface area contributed by atoms with E-state index in [0.29, 0.717) is 6.61 Å². The van der Waals surface area contributed by atoms with Crippen molar-refractivity contribution in [2.24, 2.45) is 0 Å². The standard InChI is InChI=1S/C10H15NO/c1-7-5-8(2)11-9(3)10(7)6-12-4/h5H,6H2,1-4H3. The molecule has 0 spiro atoms. The highest BCUT2D eigenvalue weighted by Crippen LogP contribution is 2.13. The molecule has 0 aromatic carbocycles. The molecule has 0 unspecified atom stereocenters. The summed E-state index contributed by atoms with van der Waals surface area (Å²) in [6.07, 6.45) is 0. The summed E-state index contributed by atoms with van der Waals surface area (Å²) in [7, 11) is 1.71. The van der Waals surface area contributed by atoms with Gasteiger partial charge in [-0.3, -0.25) is 4.98 Å². The van der Waals surface area contributed by atoms with Crippen molar-refractivity contribution < 1.29 is 4.74 Å². The molecule has 0 saturated heterocycles. The molecule has 66 valence electrons. The number of rotatable bonds is 2. The van der Waals surface area contributed by atoms with E-state index in [-0.39, 0.29) is 0 Å². The summed E-state index contributed by atoms with van der Waals surface area (Å²) in [5.41, 5.74) is 4.63. The van der Waals surface area contributed by atoms with Gasteiger partial charge in [0.2, 0.25) is 0 Å². The van der Waals surface area contributed by atoms with Gasteiger partial charge in [0, 0.05) is 24.1 Å². The largest absolute Gasteiger partial charge is 0.380 e. The van der Waals surface area contributed by atoms with Crippen LogP contribution in [0.3, 0.4) is 0 Å². The second kappa shape index (κ2) is 3.68. The lowest BCUT2D eigenvalue weighted by Crippen LogP contribution is -1.99. The van der Waals surface area contributed by atoms with Crippen LogP contribution in [0.15, 0.2) is 6.07 Å². The monoisotopic (exact) mass is 165 g/mol. The molecule has 1 heterocycles. The van der Waals surface area contributed by atoms with Gasteiger partial charge in [-0.15, -0.1) is 0 Å². The van der Waals surface area contributed by atoms with Gasteiger partial charge in [-0.05, 0) is 32.4 Å². The lowest BCUT2D eigenvalue weighted by Gasteiger charge is -2.08. The molecule has 0 saturated carbocycles. The van der Waals surface area contributed by atoms with E-state index in [2.05, 4.69) is 18.0 Å². The molecule has 0 N–H and O–H groups in total. The van der Waals surface area contributed by atoms with Gasteiger partial charge in [-0.25, -0.2) is 0 Å². The molecular weight excluding hydrogens is 150 g/mol. The van der Waals surface area contributed by atoms with Crippen LogP contribution in [0, 0.1) is 20.8 Å². The fourth-order valence-corrected chi connectivity index (χ4v) is 1.41. The van der Waals surface area contributed by atoms with Crippen LogP contribution < -0.4 is 0 Å². The van der Waals surface area contributed by atoms with Crippen LogP contribution in [0.1, 0.15) is 22.5 Å². The predicted molar refractivity (Wildman–Crippen MR) is 49.2 cm³/mol. The lowest BCUT2D eigenvalue weighted by atomic mass is 10.1. The molecule has 1 aromatic rings. The average Bonchev–Trinajstić information content (AvgIpc) is 1.96. The summed E-state index contributed by atoms with van der Waals surface area (Å²) in [4.78, 5) is 4.37. The Morgan fingerprint density at radius 1 is 1.33 bits per heavy atom. The van der Waals surface area contributed by atoms with E-state index in [1.165, 1.54) is 11.1 Å². The fraction of sp³-hybridized carbons (Fsp3) is 0.500. The molecule has 0 aliphatic carbocycles. The van der Waals surface area contributed by atoms with Gasteiger partial charge in [-0.1, -0.05) is 0 Å². The molecule has 12 heavy (non-hydrogen) atoms. The number of aromatic nitrogens is 1. The predicted octanol–water partition coefficient (Wildman–Crippen LogP) is 2.15. The molecular formula is C10H15NO. The summed E-state index contributed by atoms with van der Waals surface area (Å²) in [5, 5.41) is 0. The summed E-state index contributed by atoms with van der Waals surface area (Å²) >= 11 is 0. The third kappa shape index (κ3) is 1.83. The Labute approximate surface area is 73.6 Å². The Morgan fingerprint density at radius 3 is 2.50 bits per heavy atom. The first-order valence-corrected chi connectivity index (χ1v) is 4.08. The van der Waals surface area contributed by atoms with Crippen molar-refractivity contribution in [3.63, 3.8) is 0 Å². The highest BCUT2D eigenvalue weighted by molar-refractivity contribution is 5.30. The van der Waals surface area contributed by atoms with E-state index in [0.717, 1.165) is 11.4 Å². The Balaban J connectivity index is 3.10. The topological polar surface area (TPSA) is 22.1 Å². The Kier molecular flexibility index (Phi) is 2.82. The Bertz CT molecular complexity index is 258. The molecule has 2 heteroatoms. The highest BCUT2D eigenvalue weighted by Gasteiger charge is 2.03. The number of hydrogen-bond acceptors (Lipinski definition) is 2. The smallest absolute Gasteiger partial charge is 0.0733 e. The maximum Gasteiger partial charge on any atom is 0.0733 e. The molecule has 1 aromatic heterocycles. The van der Waals surface area contributed by atoms with Crippen LogP contribution >= 0.6 is 0 Å². The minimum atomic E-state index is 0.658. The molecule has 0 aliphatic heterocycles. The number of aryl methyl sites for hydroxylation is 3. The van der Waals surface area contributed by atoms with E-state index < -0.39 is 0 Å². The first-order valence-electron chi connectivity index (χ1n) is 4.08. The van der Waals surface area contributed by atoms with Gasteiger partial charge < -0.3 is 4.74 Å². The number of methoxy groups -OCH3 is 1. The van der Waals surface area contributed by atoms with Crippen molar-refractivity contribution in [3.05, 3.63) is 28.6 Å². The molecule has 1 rings (SSSR count). The van der Waals surface area contributed by atoms with E-state index >= 15 is 0 Å². The van der Waals surface area contributed by atoms with E-state index in [4.69, 9.17) is 4.74 Å². The molecule has 2 nitrogen and oxygen atoms in total. The average molecular weight is 165 g/mol. The molecule has 0 atom stereocenters. The maximum absolute atomic E-state index is 5.09. The molecule has 0 aliphatic rings. The molecule has 0 radical (unpaired) electrons. The van der Waals surface area contributed by atoms with Crippen LogP contribution in [0.4, 0.5) is 0 Å². The van der Waals surface area contributed by atoms with Crippen molar-refractivity contribution in [3.8, 4) is 0 Å². The van der Waals surface area contributed by atoms with Crippen molar-refractivity contribution >= 4 is 0 Å². The summed E-state index contributed by atoms with van der Waals surface area (Å²) < 4.78 is 5.09. The molecule has 0 amide bonds. The van der Waals surface area contributed by atoms with Crippen LogP contribution in [-0.4, -0.2) is 12.1 Å². The van der Waals surface area contributed by atoms with Gasteiger partial charge in [-0.2, -0.15) is 0 Å². The molecule has 0 bridgehead atoms. The first kappa shape index (κ1) is 9.20. The highest BCUT2D eigenvalue weighted by atomic mass is 16.5. The number of pyridine rings is 1. The van der Waals surface area contributed by atoms with Crippen molar-refractivity contribution in [1.29, 1.82) is 0 Å². The van der Waals surface area contributed by atoms with Crippen LogP contribution in [0.5, 0.6) is 0 Å². The van der Waals surface area contributed by atoms with Gasteiger partial charge in [0.1, 0.15) is 0 Å². The van der Waals surface area contributed by atoms with E-state index in [9.17, 15) is 0 Å². The maximum atomic E-state index is 5.09. The minimum Gasteiger partial charge on any atom is -0.380 e. The van der Waals surface area contributed by atoms with Crippen LogP contribution in [0.25, 0.3) is 0 Å². The fourth-order valence-electron chi connectivity index (χ4n) is 1.41. The summed E-state index contributed by atoms with van der Waals surface area (Å²) in [6.45, 7) is 6.78. The SMILES string of the molecule is COCc1c(C)cc(C)nc1C. The second-order valence-electron chi connectivity index (χ2n) is 3.08. The Morgan fingerprint density at radius 2 is 2.00 bits per heavy atom. The normalized spacial score (nSPS) is 10.3. The number of hydrogen-bond donors (Lipinski definition) is 0. The zero-order chi connectivity index (χ0) is 9.14. The zero-order valence-electron chi connectivity index (χ0n) is 8.14. The van der Waals surface area contributed by atoms with Crippen molar-refractivity contribution in [2.75, 3.05) is 7.11 Å². The minimum absolute atomic E-state index is 0.658. The van der Waals surface area contributed by atoms with E-state index in [1.54, 1.807) is 7.11 Å². The third-order valence-electron chi connectivity index (χ3n) is 1.97. The van der Waals surface area contributed by atoms with Crippen LogP contribution in [-0.2, 0) is 11.3 Å². The quantitative estimate of drug-likeness (QED) is 0.670. The number of nitrogens with zero attached hydrogens (tertiary/aromatic N) is 1. The van der Waals surface area contributed by atoms with Gasteiger partial charge in [0.15, 0.2) is 0 Å². The van der Waals surface area contributed by atoms with Crippen LogP contribution in [0.2, 0.25) is 0 Å². The third-order valence-corrected chi connectivity index (χ3v) is 1.97. The number of ether oxygens (including phenoxy) is 1. The molecule has 0 fully saturated rings. The van der Waals surface area contributed by atoms with E-state index in [1.807, 2.05) is 13.8 Å². The van der Waals surface area contributed by atoms with Crippen molar-refractivity contribution in [2.45, 2.75) is 27.4 Å². The Hall–Kier alpha value is -0.890. The summed E-state index contributed by atoms with van der Waals surface area (Å²) in [6, 6.07) is 2.08.